The van der Waals surface area contributed by atoms with Gasteiger partial charge in [0.1, 0.15) is 0 Å². The highest BCUT2D eigenvalue weighted by molar-refractivity contribution is 7.92. The van der Waals surface area contributed by atoms with Crippen LogP contribution in [0.2, 0.25) is 0 Å². The monoisotopic (exact) mass is 353 g/mol. The van der Waals surface area contributed by atoms with Gasteiger partial charge >= 0.3 is 0 Å². The zero-order chi connectivity index (χ0) is 17.3. The molecule has 0 aromatic heterocycles. The second-order valence-electron chi connectivity index (χ2n) is 5.54. The van der Waals surface area contributed by atoms with E-state index in [0.29, 0.717) is 5.69 Å². The SMILES string of the molecule is Cc1ccc(S(=O)(=O)Nc2ccc(S(=O)(=O)C(C)C)cc2)cc1. The molecule has 0 heterocycles. The van der Waals surface area contributed by atoms with Crippen molar-refractivity contribution in [2.75, 3.05) is 4.72 Å². The van der Waals surface area contributed by atoms with E-state index in [2.05, 4.69) is 4.72 Å². The third kappa shape index (κ3) is 3.92. The Morgan fingerprint density at radius 2 is 1.26 bits per heavy atom. The van der Waals surface area contributed by atoms with Crippen LogP contribution in [0.4, 0.5) is 5.69 Å². The van der Waals surface area contributed by atoms with Crippen molar-refractivity contribution < 1.29 is 16.8 Å². The van der Waals surface area contributed by atoms with E-state index in [1.807, 2.05) is 6.92 Å². The lowest BCUT2D eigenvalue weighted by molar-refractivity contribution is 0.587. The van der Waals surface area contributed by atoms with Crippen molar-refractivity contribution in [1.82, 2.24) is 0 Å². The number of aryl methyl sites for hydroxylation is 1. The molecule has 7 heteroatoms. The molecule has 0 saturated carbocycles. The molecule has 2 rings (SSSR count). The highest BCUT2D eigenvalue weighted by Gasteiger charge is 2.19. The summed E-state index contributed by atoms with van der Waals surface area (Å²) in [5, 5.41) is -0.530. The lowest BCUT2D eigenvalue weighted by Gasteiger charge is -2.11. The zero-order valence-corrected chi connectivity index (χ0v) is 14.8. The van der Waals surface area contributed by atoms with Crippen LogP contribution in [0.3, 0.4) is 0 Å². The molecular weight excluding hydrogens is 334 g/mol. The van der Waals surface area contributed by atoms with E-state index in [1.54, 1.807) is 26.0 Å². The van der Waals surface area contributed by atoms with Gasteiger partial charge in [-0.15, -0.1) is 0 Å². The Morgan fingerprint density at radius 3 is 1.74 bits per heavy atom. The van der Waals surface area contributed by atoms with Crippen LogP contribution in [0.1, 0.15) is 19.4 Å². The second kappa shape index (κ2) is 6.33. The molecule has 23 heavy (non-hydrogen) atoms. The molecule has 124 valence electrons. The molecule has 2 aromatic rings. The van der Waals surface area contributed by atoms with E-state index in [9.17, 15) is 16.8 Å². The quantitative estimate of drug-likeness (QED) is 0.896. The van der Waals surface area contributed by atoms with Gasteiger partial charge in [-0.3, -0.25) is 4.72 Å². The second-order valence-corrected chi connectivity index (χ2v) is 9.72. The Balaban J connectivity index is 2.26. The summed E-state index contributed by atoms with van der Waals surface area (Å²) in [5.41, 5.74) is 1.28. The molecule has 0 aliphatic heterocycles. The molecule has 0 fully saturated rings. The van der Waals surface area contributed by atoms with Gasteiger partial charge in [0, 0.05) is 5.69 Å². The smallest absolute Gasteiger partial charge is 0.261 e. The predicted octanol–water partition coefficient (Wildman–Crippen LogP) is 2.98. The van der Waals surface area contributed by atoms with Gasteiger partial charge in [-0.1, -0.05) is 17.7 Å². The van der Waals surface area contributed by atoms with Crippen molar-refractivity contribution in [3.8, 4) is 0 Å². The third-order valence-electron chi connectivity index (χ3n) is 3.39. The van der Waals surface area contributed by atoms with Crippen molar-refractivity contribution in [2.45, 2.75) is 35.8 Å². The topological polar surface area (TPSA) is 80.3 Å². The molecule has 0 bridgehead atoms. The molecule has 1 N–H and O–H groups in total. The van der Waals surface area contributed by atoms with Gasteiger partial charge in [-0.25, -0.2) is 16.8 Å². The number of hydrogen-bond donors (Lipinski definition) is 1. The van der Waals surface area contributed by atoms with E-state index in [4.69, 9.17) is 0 Å². The molecule has 0 atom stereocenters. The predicted molar refractivity (Wildman–Crippen MR) is 90.8 cm³/mol. The molecule has 5 nitrogen and oxygen atoms in total. The summed E-state index contributed by atoms with van der Waals surface area (Å²) in [4.78, 5) is 0.327. The van der Waals surface area contributed by atoms with E-state index < -0.39 is 25.1 Å². The number of nitrogens with one attached hydrogen (secondary N) is 1. The van der Waals surface area contributed by atoms with E-state index in [0.717, 1.165) is 5.56 Å². The summed E-state index contributed by atoms with van der Waals surface area (Å²) in [5.74, 6) is 0. The summed E-state index contributed by atoms with van der Waals surface area (Å²) >= 11 is 0. The maximum Gasteiger partial charge on any atom is 0.261 e. The standard InChI is InChI=1S/C16H19NO4S2/c1-12(2)22(18,19)15-10-6-14(7-11-15)17-23(20,21)16-8-4-13(3)5-9-16/h4-12,17H,1-3H3. The van der Waals surface area contributed by atoms with Crippen molar-refractivity contribution in [3.05, 3.63) is 54.1 Å². The van der Waals surface area contributed by atoms with Gasteiger partial charge in [0.25, 0.3) is 10.0 Å². The van der Waals surface area contributed by atoms with Crippen LogP contribution in [0.5, 0.6) is 0 Å². The average Bonchev–Trinajstić information content (AvgIpc) is 2.47. The summed E-state index contributed by atoms with van der Waals surface area (Å²) in [6.07, 6.45) is 0. The van der Waals surface area contributed by atoms with Crippen LogP contribution in [0, 0.1) is 6.92 Å². The fourth-order valence-electron chi connectivity index (χ4n) is 1.92. The number of sulfonamides is 1. The summed E-state index contributed by atoms with van der Waals surface area (Å²) in [7, 11) is -7.07. The minimum Gasteiger partial charge on any atom is -0.280 e. The Hall–Kier alpha value is -1.86. The Kier molecular flexibility index (Phi) is 4.81. The molecule has 0 spiro atoms. The van der Waals surface area contributed by atoms with Crippen LogP contribution < -0.4 is 4.72 Å². The number of hydrogen-bond acceptors (Lipinski definition) is 4. The third-order valence-corrected chi connectivity index (χ3v) is 6.95. The van der Waals surface area contributed by atoms with E-state index in [1.165, 1.54) is 36.4 Å². The lowest BCUT2D eigenvalue weighted by Crippen LogP contribution is -2.15. The van der Waals surface area contributed by atoms with Gasteiger partial charge in [-0.2, -0.15) is 0 Å². The number of rotatable bonds is 5. The fraction of sp³-hybridized carbons (Fsp3) is 0.250. The molecular formula is C16H19NO4S2. The van der Waals surface area contributed by atoms with Crippen LogP contribution in [0.25, 0.3) is 0 Å². The molecule has 0 aliphatic rings. The Morgan fingerprint density at radius 1 is 0.783 bits per heavy atom. The van der Waals surface area contributed by atoms with Crippen LogP contribution in [-0.4, -0.2) is 22.1 Å². The summed E-state index contributed by atoms with van der Waals surface area (Å²) in [6, 6.07) is 12.2. The van der Waals surface area contributed by atoms with Gasteiger partial charge < -0.3 is 0 Å². The van der Waals surface area contributed by atoms with Crippen molar-refractivity contribution >= 4 is 25.5 Å². The normalized spacial score (nSPS) is 12.3. The first-order valence-corrected chi connectivity index (χ1v) is 10.1. The van der Waals surface area contributed by atoms with Gasteiger partial charge in [0.15, 0.2) is 9.84 Å². The number of anilines is 1. The number of sulfone groups is 1. The summed E-state index contributed by atoms with van der Waals surface area (Å²) in [6.45, 7) is 5.07. The lowest BCUT2D eigenvalue weighted by atomic mass is 10.2. The van der Waals surface area contributed by atoms with Crippen molar-refractivity contribution in [3.63, 3.8) is 0 Å². The first-order valence-electron chi connectivity index (χ1n) is 7.06. The molecule has 0 amide bonds. The molecule has 0 radical (unpaired) electrons. The molecule has 0 saturated heterocycles. The van der Waals surface area contributed by atoms with Crippen LogP contribution in [-0.2, 0) is 19.9 Å². The Bertz CT molecular complexity index is 882. The van der Waals surface area contributed by atoms with Crippen molar-refractivity contribution in [1.29, 1.82) is 0 Å². The molecule has 2 aromatic carbocycles. The zero-order valence-electron chi connectivity index (χ0n) is 13.1. The van der Waals surface area contributed by atoms with Crippen molar-refractivity contribution in [2.24, 2.45) is 0 Å². The summed E-state index contributed by atoms with van der Waals surface area (Å²) < 4.78 is 51.1. The maximum absolute atomic E-state index is 12.3. The van der Waals surface area contributed by atoms with Crippen LogP contribution >= 0.6 is 0 Å². The molecule has 0 unspecified atom stereocenters. The van der Waals surface area contributed by atoms with Gasteiger partial charge in [-0.05, 0) is 57.2 Å². The van der Waals surface area contributed by atoms with E-state index in [-0.39, 0.29) is 9.79 Å². The fourth-order valence-corrected chi connectivity index (χ4v) is 4.03. The minimum atomic E-state index is -3.69. The largest absolute Gasteiger partial charge is 0.280 e. The maximum atomic E-state index is 12.3. The minimum absolute atomic E-state index is 0.155. The van der Waals surface area contributed by atoms with Crippen LogP contribution in [0.15, 0.2) is 58.3 Å². The highest BCUT2D eigenvalue weighted by Crippen LogP contribution is 2.21. The Labute approximate surface area is 137 Å². The first-order chi connectivity index (χ1) is 10.6. The van der Waals surface area contributed by atoms with Gasteiger partial charge in [0.05, 0.1) is 15.0 Å². The number of benzene rings is 2. The first kappa shape index (κ1) is 17.5. The van der Waals surface area contributed by atoms with E-state index >= 15 is 0 Å². The average molecular weight is 353 g/mol. The van der Waals surface area contributed by atoms with Gasteiger partial charge in [0.2, 0.25) is 0 Å². The molecule has 0 aliphatic carbocycles. The highest BCUT2D eigenvalue weighted by atomic mass is 32.2.